The Morgan fingerprint density at radius 2 is 1.90 bits per heavy atom. The first-order valence-corrected chi connectivity index (χ1v) is 8.17. The minimum atomic E-state index is -4.81. The summed E-state index contributed by atoms with van der Waals surface area (Å²) in [5, 5.41) is 14.3. The van der Waals surface area contributed by atoms with Crippen molar-refractivity contribution in [1.82, 2.24) is 15.0 Å². The van der Waals surface area contributed by atoms with Gasteiger partial charge >= 0.3 is 12.3 Å². The highest BCUT2D eigenvalue weighted by Gasteiger charge is 2.31. The smallest absolute Gasteiger partial charge is 0.480 e. The van der Waals surface area contributed by atoms with Crippen molar-refractivity contribution < 1.29 is 27.8 Å². The number of aromatic nitrogens is 3. The van der Waals surface area contributed by atoms with Gasteiger partial charge < -0.3 is 20.5 Å². The molecule has 0 bridgehead atoms. The van der Waals surface area contributed by atoms with Crippen molar-refractivity contribution >= 4 is 23.4 Å². The molecule has 0 amide bonds. The Hall–Kier alpha value is -3.89. The van der Waals surface area contributed by atoms with Gasteiger partial charge in [-0.25, -0.2) is 4.98 Å². The van der Waals surface area contributed by atoms with E-state index < -0.39 is 24.6 Å². The number of carbonyl (C=O) groups is 1. The molecule has 2 aromatic heterocycles. The lowest BCUT2D eigenvalue weighted by atomic mass is 10.2. The second kappa shape index (κ2) is 8.42. The molecule has 0 unspecified atom stereocenters. The van der Waals surface area contributed by atoms with E-state index in [-0.39, 0.29) is 17.5 Å². The Morgan fingerprint density at radius 1 is 1.07 bits per heavy atom. The van der Waals surface area contributed by atoms with E-state index in [1.54, 1.807) is 24.4 Å². The molecule has 8 nitrogen and oxygen atoms in total. The van der Waals surface area contributed by atoms with E-state index in [1.807, 2.05) is 0 Å². The van der Waals surface area contributed by atoms with E-state index in [2.05, 4.69) is 30.3 Å². The maximum Gasteiger partial charge on any atom is 0.573 e. The Bertz CT molecular complexity index is 1000. The average Bonchev–Trinajstić information content (AvgIpc) is 2.66. The quantitative estimate of drug-likeness (QED) is 0.546. The number of hydrogen-bond donors (Lipinski definition) is 3. The maximum absolute atomic E-state index is 12.4. The zero-order valence-corrected chi connectivity index (χ0v) is 14.6. The predicted molar refractivity (Wildman–Crippen MR) is 97.8 cm³/mol. The number of ether oxygens (including phenoxy) is 1. The van der Waals surface area contributed by atoms with Crippen LogP contribution in [0.2, 0.25) is 0 Å². The van der Waals surface area contributed by atoms with Crippen LogP contribution in [0.5, 0.6) is 5.75 Å². The fourth-order valence-electron chi connectivity index (χ4n) is 2.31. The molecule has 0 saturated carbocycles. The van der Waals surface area contributed by atoms with Crippen LogP contribution in [0.1, 0.15) is 0 Å². The van der Waals surface area contributed by atoms with Crippen molar-refractivity contribution in [3.8, 4) is 17.1 Å². The molecule has 3 aromatic rings. The number of nitrogens with zero attached hydrogens (tertiary/aromatic N) is 3. The van der Waals surface area contributed by atoms with Crippen molar-refractivity contribution in [2.24, 2.45) is 0 Å². The molecule has 29 heavy (non-hydrogen) atoms. The SMILES string of the molecule is O=C(O)CNc1nc(Nc2cccc(OC(F)(F)F)c2)cc(-c2ccccn2)n1. The number of carboxylic acids is 1. The highest BCUT2D eigenvalue weighted by Crippen LogP contribution is 2.27. The molecular formula is C18H14F3N5O3. The van der Waals surface area contributed by atoms with Gasteiger partial charge in [-0.1, -0.05) is 12.1 Å². The summed E-state index contributed by atoms with van der Waals surface area (Å²) < 4.78 is 41.2. The summed E-state index contributed by atoms with van der Waals surface area (Å²) in [6.07, 6.45) is -3.25. The number of nitrogens with one attached hydrogen (secondary N) is 2. The molecule has 150 valence electrons. The molecule has 0 aliphatic carbocycles. The average molecular weight is 405 g/mol. The molecule has 2 heterocycles. The molecule has 0 spiro atoms. The summed E-state index contributed by atoms with van der Waals surface area (Å²) in [5.74, 6) is -1.27. The van der Waals surface area contributed by atoms with Gasteiger partial charge in [0.2, 0.25) is 5.95 Å². The van der Waals surface area contributed by atoms with Crippen molar-refractivity contribution in [1.29, 1.82) is 0 Å². The molecule has 3 rings (SSSR count). The summed E-state index contributed by atoms with van der Waals surface area (Å²) >= 11 is 0. The first kappa shape index (κ1) is 19.9. The van der Waals surface area contributed by atoms with E-state index >= 15 is 0 Å². The van der Waals surface area contributed by atoms with E-state index in [0.29, 0.717) is 11.4 Å². The van der Waals surface area contributed by atoms with Gasteiger partial charge in [0.25, 0.3) is 0 Å². The van der Waals surface area contributed by atoms with Crippen molar-refractivity contribution in [3.05, 3.63) is 54.7 Å². The normalized spacial score (nSPS) is 11.0. The second-order valence-corrected chi connectivity index (χ2v) is 5.62. The number of rotatable bonds is 7. The van der Waals surface area contributed by atoms with Crippen LogP contribution < -0.4 is 15.4 Å². The summed E-state index contributed by atoms with van der Waals surface area (Å²) in [4.78, 5) is 23.3. The second-order valence-electron chi connectivity index (χ2n) is 5.62. The fourth-order valence-corrected chi connectivity index (χ4v) is 2.31. The minimum Gasteiger partial charge on any atom is -0.480 e. The lowest BCUT2D eigenvalue weighted by Gasteiger charge is -2.12. The van der Waals surface area contributed by atoms with Crippen LogP contribution >= 0.6 is 0 Å². The maximum atomic E-state index is 12.4. The van der Waals surface area contributed by atoms with E-state index in [0.717, 1.165) is 12.1 Å². The molecule has 1 aromatic carbocycles. The summed E-state index contributed by atoms with van der Waals surface area (Å²) in [6, 6.07) is 11.9. The molecule has 11 heteroatoms. The van der Waals surface area contributed by atoms with E-state index in [4.69, 9.17) is 5.11 Å². The lowest BCUT2D eigenvalue weighted by Crippen LogP contribution is -2.17. The third-order valence-corrected chi connectivity index (χ3v) is 3.39. The van der Waals surface area contributed by atoms with E-state index in [1.165, 1.54) is 18.2 Å². The van der Waals surface area contributed by atoms with Crippen molar-refractivity contribution in [3.63, 3.8) is 0 Å². The number of aliphatic carboxylic acids is 1. The number of anilines is 3. The lowest BCUT2D eigenvalue weighted by molar-refractivity contribution is -0.274. The highest BCUT2D eigenvalue weighted by molar-refractivity contribution is 5.72. The Balaban J connectivity index is 1.90. The Labute approximate surface area is 162 Å². The van der Waals surface area contributed by atoms with Gasteiger partial charge in [-0.2, -0.15) is 4.98 Å². The number of benzene rings is 1. The zero-order chi connectivity index (χ0) is 20.9. The molecule has 0 aliphatic heterocycles. The van der Waals surface area contributed by atoms with Crippen molar-refractivity contribution in [2.75, 3.05) is 17.2 Å². The van der Waals surface area contributed by atoms with Crippen molar-refractivity contribution in [2.45, 2.75) is 6.36 Å². The predicted octanol–water partition coefficient (Wildman–Crippen LogP) is 3.68. The van der Waals surface area contributed by atoms with Crippen LogP contribution in [0.4, 0.5) is 30.6 Å². The largest absolute Gasteiger partial charge is 0.573 e. The number of halogens is 3. The number of pyridine rings is 1. The number of hydrogen-bond acceptors (Lipinski definition) is 7. The monoisotopic (exact) mass is 405 g/mol. The first-order chi connectivity index (χ1) is 13.8. The van der Waals surface area contributed by atoms with Crippen LogP contribution in [-0.4, -0.2) is 38.9 Å². The Morgan fingerprint density at radius 3 is 2.59 bits per heavy atom. The van der Waals surface area contributed by atoms with Gasteiger partial charge in [0.1, 0.15) is 18.1 Å². The van der Waals surface area contributed by atoms with Crippen LogP contribution in [0, 0.1) is 0 Å². The topological polar surface area (TPSA) is 109 Å². The minimum absolute atomic E-state index is 0.0146. The van der Waals surface area contributed by atoms with Crippen LogP contribution in [0.25, 0.3) is 11.4 Å². The van der Waals surface area contributed by atoms with Gasteiger partial charge in [0.05, 0.1) is 11.4 Å². The zero-order valence-electron chi connectivity index (χ0n) is 14.6. The van der Waals surface area contributed by atoms with Crippen LogP contribution in [-0.2, 0) is 4.79 Å². The van der Waals surface area contributed by atoms with Gasteiger partial charge in [0, 0.05) is 24.0 Å². The standard InChI is InChI=1S/C18H14F3N5O3/c19-18(20,21)29-12-5-3-4-11(8-12)24-15-9-14(13-6-1-2-7-22-13)25-17(26-15)23-10-16(27)28/h1-9H,10H2,(H,27,28)(H2,23,24,25,26). The van der Waals surface area contributed by atoms with Gasteiger partial charge in [-0.15, -0.1) is 13.2 Å². The molecule has 3 N–H and O–H groups in total. The summed E-state index contributed by atoms with van der Waals surface area (Å²) in [5.41, 5.74) is 1.17. The van der Waals surface area contributed by atoms with Gasteiger partial charge in [-0.05, 0) is 24.3 Å². The molecule has 0 saturated heterocycles. The molecule has 0 fully saturated rings. The first-order valence-electron chi connectivity index (χ1n) is 8.17. The van der Waals surface area contributed by atoms with Crippen LogP contribution in [0.3, 0.4) is 0 Å². The summed E-state index contributed by atoms with van der Waals surface area (Å²) in [7, 11) is 0. The van der Waals surface area contributed by atoms with Gasteiger partial charge in [-0.3, -0.25) is 9.78 Å². The molecule has 0 atom stereocenters. The molecule has 0 radical (unpaired) electrons. The molecular weight excluding hydrogens is 391 g/mol. The third kappa shape index (κ3) is 6.06. The fraction of sp³-hybridized carbons (Fsp3) is 0.111. The van der Waals surface area contributed by atoms with Crippen LogP contribution in [0.15, 0.2) is 54.7 Å². The Kier molecular flexibility index (Phi) is 5.77. The number of alkyl halides is 3. The van der Waals surface area contributed by atoms with E-state index in [9.17, 15) is 18.0 Å². The number of carboxylic acid groups (broad SMARTS) is 1. The highest BCUT2D eigenvalue weighted by atomic mass is 19.4. The summed E-state index contributed by atoms with van der Waals surface area (Å²) in [6.45, 7) is -0.417. The third-order valence-electron chi connectivity index (χ3n) is 3.39. The molecule has 0 aliphatic rings. The van der Waals surface area contributed by atoms with Gasteiger partial charge in [0.15, 0.2) is 0 Å².